The van der Waals surface area contributed by atoms with Crippen molar-refractivity contribution in [1.82, 2.24) is 15.1 Å². The van der Waals surface area contributed by atoms with Crippen LogP contribution >= 0.6 is 11.3 Å². The van der Waals surface area contributed by atoms with Crippen molar-refractivity contribution in [1.29, 1.82) is 0 Å². The minimum Gasteiger partial charge on any atom is -0.340 e. The third-order valence-corrected chi connectivity index (χ3v) is 5.17. The summed E-state index contributed by atoms with van der Waals surface area (Å²) in [6.07, 6.45) is 2.64. The number of carbonyl (C=O) groups is 3. The van der Waals surface area contributed by atoms with Crippen LogP contribution in [0.15, 0.2) is 17.5 Å². The summed E-state index contributed by atoms with van der Waals surface area (Å²) in [5.41, 5.74) is 0. The molecule has 1 aliphatic carbocycles. The Bertz CT molecular complexity index is 575. The molecule has 0 spiro atoms. The van der Waals surface area contributed by atoms with Gasteiger partial charge in [-0.3, -0.25) is 19.3 Å². The van der Waals surface area contributed by atoms with Gasteiger partial charge in [0, 0.05) is 37.1 Å². The van der Waals surface area contributed by atoms with Gasteiger partial charge in [-0.05, 0) is 24.3 Å². The molecule has 2 fully saturated rings. The van der Waals surface area contributed by atoms with Gasteiger partial charge in [-0.15, -0.1) is 11.3 Å². The van der Waals surface area contributed by atoms with Crippen LogP contribution in [-0.4, -0.2) is 66.2 Å². The molecule has 7 heteroatoms. The average Bonchev–Trinajstić information content (AvgIpc) is 3.30. The van der Waals surface area contributed by atoms with Crippen LogP contribution < -0.4 is 5.32 Å². The Labute approximate surface area is 139 Å². The van der Waals surface area contributed by atoms with Gasteiger partial charge in [-0.25, -0.2) is 0 Å². The second kappa shape index (κ2) is 7.23. The first kappa shape index (κ1) is 16.1. The molecule has 23 heavy (non-hydrogen) atoms. The van der Waals surface area contributed by atoms with E-state index in [1.807, 2.05) is 17.5 Å². The molecule has 2 aliphatic rings. The van der Waals surface area contributed by atoms with Crippen LogP contribution in [0.3, 0.4) is 0 Å². The lowest BCUT2D eigenvalue weighted by Gasteiger charge is -2.34. The number of carbonyl (C=O) groups excluding carboxylic acids is 3. The van der Waals surface area contributed by atoms with E-state index < -0.39 is 11.7 Å². The number of rotatable bonds is 6. The smallest absolute Gasteiger partial charge is 0.288 e. The lowest BCUT2D eigenvalue weighted by atomic mass is 10.2. The maximum absolute atomic E-state index is 12.1. The fraction of sp³-hybridized carbons (Fsp3) is 0.562. The fourth-order valence-corrected chi connectivity index (χ4v) is 3.50. The highest BCUT2D eigenvalue weighted by Gasteiger charge is 2.32. The molecule has 0 atom stereocenters. The van der Waals surface area contributed by atoms with E-state index in [1.54, 1.807) is 4.90 Å². The lowest BCUT2D eigenvalue weighted by molar-refractivity contribution is -0.139. The van der Waals surface area contributed by atoms with Crippen molar-refractivity contribution in [2.45, 2.75) is 25.3 Å². The Morgan fingerprint density at radius 2 is 1.91 bits per heavy atom. The maximum atomic E-state index is 12.1. The van der Waals surface area contributed by atoms with Crippen LogP contribution in [0.5, 0.6) is 0 Å². The highest BCUT2D eigenvalue weighted by Crippen LogP contribution is 2.27. The van der Waals surface area contributed by atoms with Crippen molar-refractivity contribution in [3.8, 4) is 0 Å². The van der Waals surface area contributed by atoms with Gasteiger partial charge in [-0.1, -0.05) is 6.07 Å². The molecule has 6 nitrogen and oxygen atoms in total. The number of ketones is 1. The minimum atomic E-state index is -0.677. The summed E-state index contributed by atoms with van der Waals surface area (Å²) < 4.78 is 0. The zero-order valence-electron chi connectivity index (χ0n) is 13.0. The van der Waals surface area contributed by atoms with E-state index >= 15 is 0 Å². The zero-order valence-corrected chi connectivity index (χ0v) is 13.8. The number of nitrogens with zero attached hydrogens (tertiary/aromatic N) is 2. The topological polar surface area (TPSA) is 69.7 Å². The summed E-state index contributed by atoms with van der Waals surface area (Å²) in [6.45, 7) is 3.12. The van der Waals surface area contributed by atoms with Crippen molar-refractivity contribution < 1.29 is 14.4 Å². The van der Waals surface area contributed by atoms with E-state index in [0.717, 1.165) is 24.0 Å². The number of nitrogens with one attached hydrogen (secondary N) is 1. The summed E-state index contributed by atoms with van der Waals surface area (Å²) in [4.78, 5) is 40.7. The Hall–Kier alpha value is -1.73. The molecule has 1 aromatic heterocycles. The molecule has 1 saturated heterocycles. The summed E-state index contributed by atoms with van der Waals surface area (Å²) >= 11 is 1.44. The summed E-state index contributed by atoms with van der Waals surface area (Å²) in [5.74, 6) is -1.29. The highest BCUT2D eigenvalue weighted by molar-refractivity contribution is 7.10. The molecule has 2 heterocycles. The van der Waals surface area contributed by atoms with Gasteiger partial charge in [0.1, 0.15) is 0 Å². The number of amides is 2. The van der Waals surface area contributed by atoms with Crippen molar-refractivity contribution in [2.24, 2.45) is 0 Å². The van der Waals surface area contributed by atoms with Crippen molar-refractivity contribution >= 4 is 28.9 Å². The summed E-state index contributed by atoms with van der Waals surface area (Å²) in [6, 6.07) is 4.39. The second-order valence-electron chi connectivity index (χ2n) is 6.01. The van der Waals surface area contributed by atoms with Crippen LogP contribution in [0.2, 0.25) is 0 Å². The standard InChI is InChI=1S/C16H21N3O3S/c20-14(10-13-2-1-9-23-13)16(22)17-11-15(21)19-7-5-18(6-8-19)12-3-4-12/h1-2,9,12H,3-8,10-11H2,(H,17,22). The van der Waals surface area contributed by atoms with E-state index in [9.17, 15) is 14.4 Å². The van der Waals surface area contributed by atoms with Crippen molar-refractivity contribution in [3.63, 3.8) is 0 Å². The van der Waals surface area contributed by atoms with Gasteiger partial charge in [0.2, 0.25) is 11.7 Å². The number of hydrogen-bond acceptors (Lipinski definition) is 5. The van der Waals surface area contributed by atoms with Crippen molar-refractivity contribution in [3.05, 3.63) is 22.4 Å². The Morgan fingerprint density at radius 3 is 2.52 bits per heavy atom. The Morgan fingerprint density at radius 1 is 1.17 bits per heavy atom. The molecule has 2 amide bonds. The molecule has 1 aliphatic heterocycles. The lowest BCUT2D eigenvalue weighted by Crippen LogP contribution is -2.52. The average molecular weight is 335 g/mol. The van der Waals surface area contributed by atoms with Gasteiger partial charge in [-0.2, -0.15) is 0 Å². The third kappa shape index (κ3) is 4.39. The number of Topliss-reactive ketones (excluding diaryl/α,β-unsaturated/α-hetero) is 1. The van der Waals surface area contributed by atoms with E-state index in [0.29, 0.717) is 13.1 Å². The molecule has 0 bridgehead atoms. The summed E-state index contributed by atoms with van der Waals surface area (Å²) in [7, 11) is 0. The Kier molecular flexibility index (Phi) is 5.07. The van der Waals surface area contributed by atoms with Gasteiger partial charge in [0.25, 0.3) is 5.91 Å². The predicted octanol–water partition coefficient (Wildman–Crippen LogP) is 0.283. The highest BCUT2D eigenvalue weighted by atomic mass is 32.1. The zero-order chi connectivity index (χ0) is 16.2. The molecule has 124 valence electrons. The number of hydrogen-bond donors (Lipinski definition) is 1. The van der Waals surface area contributed by atoms with Gasteiger partial charge >= 0.3 is 0 Å². The first-order valence-electron chi connectivity index (χ1n) is 7.98. The normalized spacial score (nSPS) is 18.7. The molecular formula is C16H21N3O3S. The largest absolute Gasteiger partial charge is 0.340 e. The van der Waals surface area contributed by atoms with E-state index in [-0.39, 0.29) is 18.9 Å². The molecule has 1 N–H and O–H groups in total. The first-order chi connectivity index (χ1) is 11.1. The molecule has 0 radical (unpaired) electrons. The van der Waals surface area contributed by atoms with Gasteiger partial charge < -0.3 is 10.2 Å². The van der Waals surface area contributed by atoms with Crippen LogP contribution in [-0.2, 0) is 20.8 Å². The fourth-order valence-electron chi connectivity index (χ4n) is 2.79. The molecule has 1 aromatic rings. The van der Waals surface area contributed by atoms with E-state index in [4.69, 9.17) is 0 Å². The first-order valence-corrected chi connectivity index (χ1v) is 8.86. The summed E-state index contributed by atoms with van der Waals surface area (Å²) in [5, 5.41) is 4.32. The van der Waals surface area contributed by atoms with Crippen LogP contribution in [0.4, 0.5) is 0 Å². The SMILES string of the molecule is O=C(Cc1cccs1)C(=O)NCC(=O)N1CCN(C2CC2)CC1. The van der Waals surface area contributed by atoms with Crippen molar-refractivity contribution in [2.75, 3.05) is 32.7 Å². The third-order valence-electron chi connectivity index (χ3n) is 4.30. The van der Waals surface area contributed by atoms with Gasteiger partial charge in [0.15, 0.2) is 0 Å². The molecule has 0 unspecified atom stereocenters. The number of thiophene rings is 1. The van der Waals surface area contributed by atoms with Crippen LogP contribution in [0, 0.1) is 0 Å². The quantitative estimate of drug-likeness (QED) is 0.758. The molecule has 1 saturated carbocycles. The minimum absolute atomic E-state index is 0.0950. The molecule has 0 aromatic carbocycles. The molecule has 3 rings (SSSR count). The van der Waals surface area contributed by atoms with E-state index in [2.05, 4.69) is 10.2 Å². The van der Waals surface area contributed by atoms with Crippen LogP contribution in [0.25, 0.3) is 0 Å². The predicted molar refractivity (Wildman–Crippen MR) is 87.2 cm³/mol. The van der Waals surface area contributed by atoms with Gasteiger partial charge in [0.05, 0.1) is 13.0 Å². The van der Waals surface area contributed by atoms with Crippen LogP contribution in [0.1, 0.15) is 17.7 Å². The number of piperazine rings is 1. The maximum Gasteiger partial charge on any atom is 0.288 e. The second-order valence-corrected chi connectivity index (χ2v) is 7.04. The van der Waals surface area contributed by atoms with E-state index in [1.165, 1.54) is 24.2 Å². The molecular weight excluding hydrogens is 314 g/mol. The Balaban J connectivity index is 1.38. The monoisotopic (exact) mass is 335 g/mol.